The van der Waals surface area contributed by atoms with Crippen molar-refractivity contribution in [3.05, 3.63) is 161 Å². The number of aliphatic hydroxyl groups is 1. The van der Waals surface area contributed by atoms with Crippen LogP contribution in [0.5, 0.6) is 11.5 Å². The summed E-state index contributed by atoms with van der Waals surface area (Å²) in [6.45, 7) is 5.29. The van der Waals surface area contributed by atoms with Crippen LogP contribution in [0, 0.1) is 11.8 Å². The van der Waals surface area contributed by atoms with E-state index in [9.17, 15) is 14.7 Å². The Morgan fingerprint density at radius 3 is 2.03 bits per heavy atom. The van der Waals surface area contributed by atoms with Crippen LogP contribution in [0.1, 0.15) is 76.4 Å². The Morgan fingerprint density at radius 2 is 1.44 bits per heavy atom. The Hall–Kier alpha value is -6.90. The van der Waals surface area contributed by atoms with Gasteiger partial charge >= 0.3 is 0 Å². The van der Waals surface area contributed by atoms with Crippen LogP contribution in [0.3, 0.4) is 0 Å². The zero-order chi connectivity index (χ0) is 44.5. The second kappa shape index (κ2) is 17.5. The molecule has 0 radical (unpaired) electrons. The van der Waals surface area contributed by atoms with E-state index in [1.54, 1.807) is 121 Å². The minimum Gasteiger partial charge on any atom is -0.497 e. The second-order valence-corrected chi connectivity index (χ2v) is 16.5. The number of anilines is 3. The maximum atomic E-state index is 16.6. The average Bonchev–Trinajstić information content (AvgIpc) is 3.96. The number of carbonyl (C=O) groups is 3. The number of hydrogen-bond donors (Lipinski definition) is 3. The summed E-state index contributed by atoms with van der Waals surface area (Å²) in [5.41, 5.74) is 1.39. The van der Waals surface area contributed by atoms with Crippen molar-refractivity contribution in [2.45, 2.75) is 63.8 Å². The molecule has 0 unspecified atom stereocenters. The van der Waals surface area contributed by atoms with Gasteiger partial charge in [0.1, 0.15) is 29.0 Å². The molecule has 2 aliphatic rings. The second-order valence-electron chi connectivity index (χ2n) is 16.5. The largest absolute Gasteiger partial charge is 0.497 e. The standard InChI is InChI=1S/C49H49FN6O7/c1-30-43(48(2,3)50)42(25-26-55-29-40(53-54-55)44(57)32-9-7-6-8-10-32)63-49(30)39-27-36(52-46(59)34-15-22-38(62-5)23-16-34)19-24-41(39)56(47(49)60)28-31-11-17-35(18-12-31)51-45(58)33-13-20-37(61-4)21-14-33/h6-24,27,29-30,42-44,57H,25-26,28H2,1-5H3,(H,51,58)(H,52,59)/t30-,42+,43-,44-,49+/m1/s1. The number of methoxy groups -OCH3 is 2. The molecular weight excluding hydrogens is 804 g/mol. The van der Waals surface area contributed by atoms with Crippen LogP contribution < -0.4 is 25.0 Å². The Labute approximate surface area is 364 Å². The minimum absolute atomic E-state index is 0.147. The molecule has 0 bridgehead atoms. The van der Waals surface area contributed by atoms with Gasteiger partial charge in [0, 0.05) is 46.4 Å². The number of nitrogens with one attached hydrogen (secondary N) is 2. The molecule has 8 rings (SSSR count). The Bertz CT molecular complexity index is 2600. The summed E-state index contributed by atoms with van der Waals surface area (Å²) in [5.74, 6) is -1.15. The number of ether oxygens (including phenoxy) is 3. The van der Waals surface area contributed by atoms with E-state index in [1.165, 1.54) is 13.8 Å². The molecule has 3 amide bonds. The third kappa shape index (κ3) is 8.51. The van der Waals surface area contributed by atoms with Crippen molar-refractivity contribution < 1.29 is 38.1 Å². The predicted molar refractivity (Wildman–Crippen MR) is 236 cm³/mol. The Kier molecular flexibility index (Phi) is 11.9. The van der Waals surface area contributed by atoms with Crippen LogP contribution in [0.2, 0.25) is 0 Å². The highest BCUT2D eigenvalue weighted by molar-refractivity contribution is 6.09. The predicted octanol–water partition coefficient (Wildman–Crippen LogP) is 8.11. The van der Waals surface area contributed by atoms with Crippen molar-refractivity contribution in [2.75, 3.05) is 29.8 Å². The number of aliphatic hydroxyl groups excluding tert-OH is 1. The van der Waals surface area contributed by atoms with E-state index in [-0.39, 0.29) is 37.2 Å². The van der Waals surface area contributed by atoms with Gasteiger partial charge in [-0.3, -0.25) is 19.1 Å². The molecule has 3 heterocycles. The van der Waals surface area contributed by atoms with Crippen LogP contribution in [0.4, 0.5) is 21.5 Å². The monoisotopic (exact) mass is 852 g/mol. The molecular formula is C49H49FN6O7. The van der Waals surface area contributed by atoms with Crippen LogP contribution in [-0.2, 0) is 28.2 Å². The van der Waals surface area contributed by atoms with Crippen LogP contribution in [-0.4, -0.2) is 63.8 Å². The van der Waals surface area contributed by atoms with E-state index in [2.05, 4.69) is 20.9 Å². The third-order valence-corrected chi connectivity index (χ3v) is 12.1. The lowest BCUT2D eigenvalue weighted by atomic mass is 9.71. The summed E-state index contributed by atoms with van der Waals surface area (Å²) >= 11 is 0. The van der Waals surface area contributed by atoms with E-state index in [4.69, 9.17) is 14.2 Å². The lowest BCUT2D eigenvalue weighted by Crippen LogP contribution is -2.45. The van der Waals surface area contributed by atoms with Gasteiger partial charge in [0.25, 0.3) is 17.7 Å². The smallest absolute Gasteiger partial charge is 0.264 e. The molecule has 3 N–H and O–H groups in total. The first-order valence-corrected chi connectivity index (χ1v) is 20.7. The summed E-state index contributed by atoms with van der Waals surface area (Å²) in [4.78, 5) is 43.3. The summed E-state index contributed by atoms with van der Waals surface area (Å²) in [6.07, 6.45) is 0.228. The Balaban J connectivity index is 1.08. The number of aryl methyl sites for hydroxylation is 1. The summed E-state index contributed by atoms with van der Waals surface area (Å²) in [6, 6.07) is 35.1. The highest BCUT2D eigenvalue weighted by Gasteiger charge is 2.66. The fraction of sp³-hybridized carbons (Fsp3) is 0.286. The zero-order valence-corrected chi connectivity index (χ0v) is 35.6. The molecule has 0 saturated carbocycles. The molecule has 324 valence electrons. The number of benzene rings is 5. The zero-order valence-electron chi connectivity index (χ0n) is 35.6. The van der Waals surface area contributed by atoms with Crippen molar-refractivity contribution in [1.82, 2.24) is 15.0 Å². The van der Waals surface area contributed by atoms with Crippen molar-refractivity contribution >= 4 is 34.8 Å². The van der Waals surface area contributed by atoms with Gasteiger partial charge in [-0.05, 0) is 110 Å². The van der Waals surface area contributed by atoms with Crippen molar-refractivity contribution in [2.24, 2.45) is 11.8 Å². The van der Waals surface area contributed by atoms with Gasteiger partial charge in [0.2, 0.25) is 0 Å². The van der Waals surface area contributed by atoms with Gasteiger partial charge in [-0.1, -0.05) is 54.6 Å². The normalized spacial score (nSPS) is 19.8. The molecule has 14 heteroatoms. The van der Waals surface area contributed by atoms with E-state index in [0.29, 0.717) is 56.5 Å². The molecule has 1 aromatic heterocycles. The summed E-state index contributed by atoms with van der Waals surface area (Å²) in [7, 11) is 3.11. The number of rotatable bonds is 14. The van der Waals surface area contributed by atoms with Crippen LogP contribution in [0.15, 0.2) is 128 Å². The SMILES string of the molecule is COc1ccc(C(=O)Nc2ccc(CN3C(=O)[C@@]4(O[C@@H](CCn5cc([C@H](O)c6ccccc6)nn5)[C@H](C(C)(C)F)[C@H]4C)c4cc(NC(=O)c5ccc(OC)cc5)ccc43)cc2)cc1. The molecule has 1 saturated heterocycles. The molecule has 2 aliphatic heterocycles. The highest BCUT2D eigenvalue weighted by Crippen LogP contribution is 2.59. The first-order valence-electron chi connectivity index (χ1n) is 20.7. The quantitative estimate of drug-likeness (QED) is 0.0985. The van der Waals surface area contributed by atoms with Crippen molar-refractivity contribution in [3.63, 3.8) is 0 Å². The maximum Gasteiger partial charge on any atom is 0.264 e. The van der Waals surface area contributed by atoms with E-state index >= 15 is 9.18 Å². The van der Waals surface area contributed by atoms with E-state index in [0.717, 1.165) is 5.56 Å². The molecule has 63 heavy (non-hydrogen) atoms. The molecule has 5 atom stereocenters. The number of carbonyl (C=O) groups excluding carboxylic acids is 3. The van der Waals surface area contributed by atoms with Crippen molar-refractivity contribution in [1.29, 1.82) is 0 Å². The molecule has 13 nitrogen and oxygen atoms in total. The van der Waals surface area contributed by atoms with Gasteiger partial charge in [0.05, 0.1) is 38.8 Å². The topological polar surface area (TPSA) is 157 Å². The number of fused-ring (bicyclic) bond motifs is 2. The highest BCUT2D eigenvalue weighted by atomic mass is 19.1. The molecule has 0 aliphatic carbocycles. The lowest BCUT2D eigenvalue weighted by Gasteiger charge is -2.32. The third-order valence-electron chi connectivity index (χ3n) is 12.1. The first kappa shape index (κ1) is 42.8. The number of aromatic nitrogens is 3. The van der Waals surface area contributed by atoms with Gasteiger partial charge in [-0.2, -0.15) is 0 Å². The fourth-order valence-corrected chi connectivity index (χ4v) is 8.93. The van der Waals surface area contributed by atoms with Crippen LogP contribution in [0.25, 0.3) is 0 Å². The first-order chi connectivity index (χ1) is 30.3. The number of hydrogen-bond acceptors (Lipinski definition) is 9. The van der Waals surface area contributed by atoms with Crippen molar-refractivity contribution in [3.8, 4) is 11.5 Å². The van der Waals surface area contributed by atoms with Gasteiger partial charge < -0.3 is 34.9 Å². The molecule has 6 aromatic rings. The van der Waals surface area contributed by atoms with Gasteiger partial charge in [-0.25, -0.2) is 4.39 Å². The van der Waals surface area contributed by atoms with Gasteiger partial charge in [0.15, 0.2) is 5.60 Å². The Morgan fingerprint density at radius 1 is 0.857 bits per heavy atom. The summed E-state index contributed by atoms with van der Waals surface area (Å²) in [5, 5.41) is 25.3. The molecule has 5 aromatic carbocycles. The number of alkyl halides is 1. The average molecular weight is 853 g/mol. The van der Waals surface area contributed by atoms with E-state index < -0.39 is 35.3 Å². The van der Waals surface area contributed by atoms with Gasteiger partial charge in [-0.15, -0.1) is 5.10 Å². The lowest BCUT2D eigenvalue weighted by molar-refractivity contribution is -0.146. The van der Waals surface area contributed by atoms with Crippen LogP contribution >= 0.6 is 0 Å². The molecule has 1 fully saturated rings. The number of halogens is 1. The fourth-order valence-electron chi connectivity index (χ4n) is 8.93. The minimum atomic E-state index is -1.77. The maximum absolute atomic E-state index is 16.6. The molecule has 1 spiro atoms. The summed E-state index contributed by atoms with van der Waals surface area (Å²) < 4.78 is 35.6. The number of amides is 3. The number of nitrogens with zero attached hydrogens (tertiary/aromatic N) is 4. The van der Waals surface area contributed by atoms with E-state index in [1.807, 2.05) is 37.3 Å².